The van der Waals surface area contributed by atoms with Gasteiger partial charge in [0, 0.05) is 0 Å². The number of amides is 1. The van der Waals surface area contributed by atoms with E-state index in [1.807, 2.05) is 30.3 Å². The van der Waals surface area contributed by atoms with Gasteiger partial charge in [0.2, 0.25) is 10.9 Å². The molecule has 1 unspecified atom stereocenters. The first-order valence-electron chi connectivity index (χ1n) is 10.7. The topological polar surface area (TPSA) is 106 Å². The highest BCUT2D eigenvalue weighted by atomic mass is 32.1. The van der Waals surface area contributed by atoms with Gasteiger partial charge < -0.3 is 9.84 Å². The fourth-order valence-corrected chi connectivity index (χ4v) is 5.56. The number of para-hydroxylation sites is 1. The summed E-state index contributed by atoms with van der Waals surface area (Å²) in [6.45, 7) is 5.31. The van der Waals surface area contributed by atoms with Gasteiger partial charge in [-0.25, -0.2) is 4.98 Å². The highest BCUT2D eigenvalue weighted by Gasteiger charge is 2.46. The average Bonchev–Trinajstić information content (AvgIpc) is 3.49. The van der Waals surface area contributed by atoms with Gasteiger partial charge in [-0.1, -0.05) is 41.7 Å². The number of nitrogens with zero attached hydrogens (tertiary/aromatic N) is 4. The van der Waals surface area contributed by atoms with Crippen LogP contribution in [0.25, 0.3) is 0 Å². The van der Waals surface area contributed by atoms with Gasteiger partial charge >= 0.3 is 0 Å². The molecule has 0 aliphatic carbocycles. The summed E-state index contributed by atoms with van der Waals surface area (Å²) in [5.74, 6) is -0.579. The van der Waals surface area contributed by atoms with Gasteiger partial charge in [-0.15, -0.1) is 21.5 Å². The molecule has 3 heterocycles. The second-order valence-corrected chi connectivity index (χ2v) is 10.3. The Hall–Kier alpha value is -3.89. The quantitative estimate of drug-likeness (QED) is 0.346. The predicted octanol–water partition coefficient (Wildman–Crippen LogP) is 5.50. The number of thiazole rings is 1. The number of anilines is 1. The highest BCUT2D eigenvalue weighted by Crippen LogP contribution is 2.44. The number of ether oxygens (including phenoxy) is 1. The Labute approximate surface area is 209 Å². The van der Waals surface area contributed by atoms with Crippen molar-refractivity contribution in [2.45, 2.75) is 26.8 Å². The zero-order chi connectivity index (χ0) is 24.7. The number of hydrogen-bond acceptors (Lipinski definition) is 9. The lowest BCUT2D eigenvalue weighted by atomic mass is 9.95. The van der Waals surface area contributed by atoms with Crippen LogP contribution < -0.4 is 9.64 Å². The maximum absolute atomic E-state index is 13.7. The summed E-state index contributed by atoms with van der Waals surface area (Å²) >= 11 is 2.44. The van der Waals surface area contributed by atoms with Crippen molar-refractivity contribution in [1.29, 1.82) is 0 Å². The van der Waals surface area contributed by atoms with Crippen LogP contribution in [0.1, 0.15) is 37.0 Å². The van der Waals surface area contributed by atoms with Gasteiger partial charge in [-0.05, 0) is 50.6 Å². The Balaban J connectivity index is 1.62. The number of carbonyl (C=O) groups excluding carboxylic acids is 2. The number of aromatic nitrogens is 3. The van der Waals surface area contributed by atoms with Crippen molar-refractivity contribution in [3.8, 4) is 11.5 Å². The van der Waals surface area contributed by atoms with Crippen molar-refractivity contribution in [2.24, 2.45) is 0 Å². The standard InChI is InChI=1S/C25H20N4O4S2/c1-13-23(34-14(2)26-13)21(30)19-20(29(24(32)22(19)31)25-28-27-15(3)35-25)16-8-7-11-18(12-16)33-17-9-5-4-6-10-17/h4-12,20,31H,1-3H3. The minimum Gasteiger partial charge on any atom is -0.503 e. The first kappa shape index (κ1) is 22.9. The Bertz CT molecular complexity index is 1480. The molecule has 1 N–H and O–H groups in total. The number of carbonyl (C=O) groups is 2. The summed E-state index contributed by atoms with van der Waals surface area (Å²) in [4.78, 5) is 33.0. The average molecular weight is 505 g/mol. The van der Waals surface area contributed by atoms with E-state index < -0.39 is 23.5 Å². The number of ketones is 1. The largest absolute Gasteiger partial charge is 0.503 e. The maximum Gasteiger partial charge on any atom is 0.296 e. The molecule has 0 saturated heterocycles. The van der Waals surface area contributed by atoms with Gasteiger partial charge in [0.25, 0.3) is 5.91 Å². The van der Waals surface area contributed by atoms with Crippen molar-refractivity contribution < 1.29 is 19.4 Å². The molecule has 0 saturated carbocycles. The van der Waals surface area contributed by atoms with Crippen LogP contribution in [0.5, 0.6) is 11.5 Å². The minimum atomic E-state index is -0.913. The Morgan fingerprint density at radius 1 is 0.971 bits per heavy atom. The molecule has 1 aliphatic heterocycles. The lowest BCUT2D eigenvalue weighted by Crippen LogP contribution is -2.31. The monoisotopic (exact) mass is 504 g/mol. The van der Waals surface area contributed by atoms with Crippen molar-refractivity contribution in [2.75, 3.05) is 4.90 Å². The van der Waals surface area contributed by atoms with Crippen LogP contribution in [0.4, 0.5) is 5.13 Å². The van der Waals surface area contributed by atoms with Gasteiger partial charge in [0.05, 0.1) is 27.2 Å². The van der Waals surface area contributed by atoms with Crippen molar-refractivity contribution in [1.82, 2.24) is 15.2 Å². The van der Waals surface area contributed by atoms with Crippen LogP contribution in [0, 0.1) is 20.8 Å². The lowest BCUT2D eigenvalue weighted by Gasteiger charge is -2.24. The molecule has 0 radical (unpaired) electrons. The van der Waals surface area contributed by atoms with E-state index in [1.54, 1.807) is 45.0 Å². The molecule has 1 amide bonds. The molecule has 8 nitrogen and oxygen atoms in total. The number of Topliss-reactive ketones (excluding diaryl/α,β-unsaturated/α-hetero) is 1. The lowest BCUT2D eigenvalue weighted by molar-refractivity contribution is -0.117. The first-order chi connectivity index (χ1) is 16.8. The Kier molecular flexibility index (Phi) is 5.91. The Morgan fingerprint density at radius 2 is 1.71 bits per heavy atom. The van der Waals surface area contributed by atoms with Crippen molar-refractivity contribution in [3.63, 3.8) is 0 Å². The minimum absolute atomic E-state index is 0.0218. The number of hydrogen-bond donors (Lipinski definition) is 1. The summed E-state index contributed by atoms with van der Waals surface area (Å²) in [5, 5.41) is 20.8. The van der Waals surface area contributed by atoms with Gasteiger partial charge in [-0.2, -0.15) is 0 Å². The van der Waals surface area contributed by atoms with Crippen molar-refractivity contribution in [3.05, 3.63) is 92.1 Å². The summed E-state index contributed by atoms with van der Waals surface area (Å²) in [5.41, 5.74) is 1.12. The molecule has 0 bridgehead atoms. The number of aliphatic hydroxyl groups is 1. The predicted molar refractivity (Wildman–Crippen MR) is 133 cm³/mol. The molecule has 1 aliphatic rings. The van der Waals surface area contributed by atoms with E-state index in [1.165, 1.54) is 27.6 Å². The molecular weight excluding hydrogens is 484 g/mol. The molecular formula is C25H20N4O4S2. The van der Waals surface area contributed by atoms with E-state index in [0.717, 1.165) is 5.01 Å². The molecule has 35 heavy (non-hydrogen) atoms. The zero-order valence-electron chi connectivity index (χ0n) is 19.1. The molecule has 0 spiro atoms. The van der Waals surface area contributed by atoms with Crippen LogP contribution in [0.3, 0.4) is 0 Å². The van der Waals surface area contributed by atoms with Gasteiger partial charge in [0.15, 0.2) is 5.76 Å². The molecule has 1 atom stereocenters. The number of aryl methyl sites for hydroxylation is 3. The number of aliphatic hydroxyl groups excluding tert-OH is 1. The third-order valence-electron chi connectivity index (χ3n) is 5.44. The van der Waals surface area contributed by atoms with Crippen molar-refractivity contribution >= 4 is 39.5 Å². The second kappa shape index (κ2) is 9.05. The van der Waals surface area contributed by atoms with Crippen LogP contribution in [-0.4, -0.2) is 32.0 Å². The van der Waals surface area contributed by atoms with Crippen LogP contribution in [0.2, 0.25) is 0 Å². The molecule has 2 aromatic heterocycles. The fourth-order valence-electron chi connectivity index (χ4n) is 3.97. The van der Waals surface area contributed by atoms with E-state index in [-0.39, 0.29) is 5.57 Å². The fraction of sp³-hybridized carbons (Fsp3) is 0.160. The normalized spacial score (nSPS) is 15.7. The van der Waals surface area contributed by atoms with Gasteiger partial charge in [-0.3, -0.25) is 14.5 Å². The smallest absolute Gasteiger partial charge is 0.296 e. The SMILES string of the molecule is Cc1nnc(N2C(=O)C(O)=C(C(=O)c3sc(C)nc3C)C2c2cccc(Oc3ccccc3)c2)s1. The van der Waals surface area contributed by atoms with E-state index in [4.69, 9.17) is 4.74 Å². The highest BCUT2D eigenvalue weighted by molar-refractivity contribution is 7.15. The molecule has 176 valence electrons. The molecule has 5 rings (SSSR count). The summed E-state index contributed by atoms with van der Waals surface area (Å²) in [7, 11) is 0. The third kappa shape index (κ3) is 4.22. The number of rotatable bonds is 6. The molecule has 4 aromatic rings. The second-order valence-electron chi connectivity index (χ2n) is 7.91. The number of benzene rings is 2. The van der Waals surface area contributed by atoms with E-state index in [2.05, 4.69) is 15.2 Å². The van der Waals surface area contributed by atoms with E-state index >= 15 is 0 Å². The molecule has 2 aromatic carbocycles. The van der Waals surface area contributed by atoms with Crippen LogP contribution in [0.15, 0.2) is 65.9 Å². The zero-order valence-corrected chi connectivity index (χ0v) is 20.7. The van der Waals surface area contributed by atoms with E-state index in [9.17, 15) is 14.7 Å². The van der Waals surface area contributed by atoms with Gasteiger partial charge in [0.1, 0.15) is 16.5 Å². The molecule has 10 heteroatoms. The molecule has 0 fully saturated rings. The van der Waals surface area contributed by atoms with Crippen LogP contribution in [-0.2, 0) is 4.79 Å². The van der Waals surface area contributed by atoms with E-state index in [0.29, 0.717) is 37.8 Å². The maximum atomic E-state index is 13.7. The summed E-state index contributed by atoms with van der Waals surface area (Å²) < 4.78 is 5.98. The third-order valence-corrected chi connectivity index (χ3v) is 7.35. The summed E-state index contributed by atoms with van der Waals surface area (Å²) in [6.07, 6.45) is 0. The Morgan fingerprint density at radius 3 is 2.37 bits per heavy atom. The summed E-state index contributed by atoms with van der Waals surface area (Å²) in [6, 6.07) is 15.5. The first-order valence-corrected chi connectivity index (χ1v) is 12.3. The van der Waals surface area contributed by atoms with Crippen LogP contribution >= 0.6 is 22.7 Å².